The van der Waals surface area contributed by atoms with Crippen molar-refractivity contribution in [2.75, 3.05) is 12.3 Å². The smallest absolute Gasteiger partial charge is 0.124 e. The van der Waals surface area contributed by atoms with Gasteiger partial charge in [0.05, 0.1) is 6.61 Å². The predicted molar refractivity (Wildman–Crippen MR) is 47.9 cm³/mol. The third-order valence-electron chi connectivity index (χ3n) is 2.12. The summed E-state index contributed by atoms with van der Waals surface area (Å²) in [6.07, 6.45) is 0.871. The van der Waals surface area contributed by atoms with Crippen LogP contribution in [0.1, 0.15) is 18.0 Å². The molecule has 0 bridgehead atoms. The van der Waals surface area contributed by atoms with Crippen molar-refractivity contribution in [2.24, 2.45) is 5.73 Å². The first kappa shape index (κ1) is 7.43. The van der Waals surface area contributed by atoms with Crippen molar-refractivity contribution in [2.45, 2.75) is 12.5 Å². The molecular weight excluding hydrogens is 152 g/mol. The van der Waals surface area contributed by atoms with Gasteiger partial charge in [-0.3, -0.25) is 0 Å². The maximum Gasteiger partial charge on any atom is 0.124 e. The van der Waals surface area contributed by atoms with Crippen molar-refractivity contribution in [3.05, 3.63) is 23.8 Å². The third kappa shape index (κ3) is 1.12. The summed E-state index contributed by atoms with van der Waals surface area (Å²) in [5.41, 5.74) is 13.3. The fraction of sp³-hybridized carbons (Fsp3) is 0.333. The van der Waals surface area contributed by atoms with Gasteiger partial charge < -0.3 is 16.2 Å². The molecule has 1 heterocycles. The van der Waals surface area contributed by atoms with E-state index < -0.39 is 0 Å². The van der Waals surface area contributed by atoms with E-state index in [0.29, 0.717) is 6.61 Å². The molecule has 0 amide bonds. The highest BCUT2D eigenvalue weighted by molar-refractivity contribution is 5.49. The van der Waals surface area contributed by atoms with E-state index in [1.54, 1.807) is 0 Å². The van der Waals surface area contributed by atoms with Crippen LogP contribution >= 0.6 is 0 Å². The van der Waals surface area contributed by atoms with Crippen LogP contribution in [-0.2, 0) is 0 Å². The Morgan fingerprint density at radius 1 is 1.42 bits per heavy atom. The molecule has 0 saturated carbocycles. The number of anilines is 1. The van der Waals surface area contributed by atoms with Crippen LogP contribution in [0.15, 0.2) is 18.2 Å². The molecule has 64 valence electrons. The van der Waals surface area contributed by atoms with Crippen LogP contribution in [0.2, 0.25) is 0 Å². The van der Waals surface area contributed by atoms with Crippen LogP contribution in [0.4, 0.5) is 5.69 Å². The Morgan fingerprint density at radius 2 is 2.25 bits per heavy atom. The summed E-state index contributed by atoms with van der Waals surface area (Å²) in [6, 6.07) is 5.68. The Bertz CT molecular complexity index is 299. The van der Waals surface area contributed by atoms with Gasteiger partial charge in [0, 0.05) is 23.7 Å². The molecule has 0 fully saturated rings. The normalized spacial score (nSPS) is 21.2. The number of hydrogen-bond donors (Lipinski definition) is 2. The predicted octanol–water partition coefficient (Wildman–Crippen LogP) is 1.05. The first-order valence-corrected chi connectivity index (χ1v) is 4.05. The van der Waals surface area contributed by atoms with Crippen molar-refractivity contribution in [1.29, 1.82) is 0 Å². The van der Waals surface area contributed by atoms with Crippen LogP contribution in [0.25, 0.3) is 0 Å². The molecule has 2 rings (SSSR count). The van der Waals surface area contributed by atoms with Gasteiger partial charge in [0.15, 0.2) is 0 Å². The Kier molecular flexibility index (Phi) is 1.66. The summed E-state index contributed by atoms with van der Waals surface area (Å²) in [7, 11) is 0. The summed E-state index contributed by atoms with van der Waals surface area (Å²) in [5, 5.41) is 0. The van der Waals surface area contributed by atoms with Crippen LogP contribution in [0.5, 0.6) is 5.75 Å². The van der Waals surface area contributed by atoms with E-state index in [-0.39, 0.29) is 6.04 Å². The number of ether oxygens (including phenoxy) is 1. The second kappa shape index (κ2) is 2.68. The van der Waals surface area contributed by atoms with Crippen LogP contribution < -0.4 is 16.2 Å². The Labute approximate surface area is 71.3 Å². The summed E-state index contributed by atoms with van der Waals surface area (Å²) in [5.74, 6) is 0.878. The van der Waals surface area contributed by atoms with Crippen molar-refractivity contribution in [1.82, 2.24) is 0 Å². The molecule has 3 nitrogen and oxygen atoms in total. The minimum Gasteiger partial charge on any atom is -0.493 e. The summed E-state index contributed by atoms with van der Waals surface area (Å²) < 4.78 is 5.41. The first-order chi connectivity index (χ1) is 5.77. The Morgan fingerprint density at radius 3 is 3.08 bits per heavy atom. The third-order valence-corrected chi connectivity index (χ3v) is 2.12. The fourth-order valence-corrected chi connectivity index (χ4v) is 1.44. The molecule has 1 aliphatic heterocycles. The fourth-order valence-electron chi connectivity index (χ4n) is 1.44. The molecule has 12 heavy (non-hydrogen) atoms. The van der Waals surface area contributed by atoms with Crippen molar-refractivity contribution in [3.63, 3.8) is 0 Å². The van der Waals surface area contributed by atoms with Gasteiger partial charge in [-0.25, -0.2) is 0 Å². The van der Waals surface area contributed by atoms with Crippen LogP contribution in [-0.4, -0.2) is 6.61 Å². The monoisotopic (exact) mass is 164 g/mol. The van der Waals surface area contributed by atoms with E-state index in [2.05, 4.69) is 0 Å². The molecule has 0 aliphatic carbocycles. The molecular formula is C9H12N2O. The highest BCUT2D eigenvalue weighted by atomic mass is 16.5. The summed E-state index contributed by atoms with van der Waals surface area (Å²) in [6.45, 7) is 0.706. The largest absolute Gasteiger partial charge is 0.493 e. The number of hydrogen-bond acceptors (Lipinski definition) is 3. The lowest BCUT2D eigenvalue weighted by atomic mass is 10.0. The SMILES string of the molecule is Nc1ccc2c(c1)[C@@H](N)CCO2. The lowest BCUT2D eigenvalue weighted by molar-refractivity contribution is 0.269. The zero-order chi connectivity index (χ0) is 8.55. The van der Waals surface area contributed by atoms with E-state index >= 15 is 0 Å². The van der Waals surface area contributed by atoms with Gasteiger partial charge in [-0.1, -0.05) is 0 Å². The van der Waals surface area contributed by atoms with Crippen molar-refractivity contribution in [3.8, 4) is 5.75 Å². The highest BCUT2D eigenvalue weighted by Gasteiger charge is 2.17. The maximum absolute atomic E-state index is 5.88. The second-order valence-corrected chi connectivity index (χ2v) is 3.04. The van der Waals surface area contributed by atoms with E-state index in [9.17, 15) is 0 Å². The van der Waals surface area contributed by atoms with Gasteiger partial charge >= 0.3 is 0 Å². The van der Waals surface area contributed by atoms with E-state index in [1.165, 1.54) is 0 Å². The van der Waals surface area contributed by atoms with E-state index in [1.807, 2.05) is 18.2 Å². The molecule has 0 spiro atoms. The first-order valence-electron chi connectivity index (χ1n) is 4.05. The standard InChI is InChI=1S/C9H12N2O/c10-6-1-2-9-7(5-6)8(11)3-4-12-9/h1-2,5,8H,3-4,10-11H2/t8-/m0/s1. The molecule has 0 aromatic heterocycles. The zero-order valence-electron chi connectivity index (χ0n) is 6.79. The number of fused-ring (bicyclic) bond motifs is 1. The van der Waals surface area contributed by atoms with Crippen molar-refractivity contribution >= 4 is 5.69 Å². The summed E-state index contributed by atoms with van der Waals surface area (Å²) >= 11 is 0. The molecule has 1 atom stereocenters. The topological polar surface area (TPSA) is 61.3 Å². The number of rotatable bonds is 0. The maximum atomic E-state index is 5.88. The van der Waals surface area contributed by atoms with Gasteiger partial charge in [0.1, 0.15) is 5.75 Å². The molecule has 4 N–H and O–H groups in total. The molecule has 0 radical (unpaired) electrons. The van der Waals surface area contributed by atoms with Crippen molar-refractivity contribution < 1.29 is 4.74 Å². The van der Waals surface area contributed by atoms with Gasteiger partial charge in [0.25, 0.3) is 0 Å². The molecule has 1 aliphatic rings. The van der Waals surface area contributed by atoms with Crippen LogP contribution in [0.3, 0.4) is 0 Å². The highest BCUT2D eigenvalue weighted by Crippen LogP contribution is 2.31. The molecule has 1 aromatic carbocycles. The quantitative estimate of drug-likeness (QED) is 0.563. The van der Waals surface area contributed by atoms with E-state index in [0.717, 1.165) is 23.4 Å². The number of nitrogen functional groups attached to an aromatic ring is 1. The van der Waals surface area contributed by atoms with Gasteiger partial charge in [0.2, 0.25) is 0 Å². The van der Waals surface area contributed by atoms with Gasteiger partial charge in [-0.2, -0.15) is 0 Å². The van der Waals surface area contributed by atoms with Gasteiger partial charge in [-0.05, 0) is 18.2 Å². The minimum atomic E-state index is 0.0808. The lowest BCUT2D eigenvalue weighted by Gasteiger charge is -2.22. The Balaban J connectivity index is 2.47. The Hall–Kier alpha value is -1.22. The second-order valence-electron chi connectivity index (χ2n) is 3.04. The molecule has 0 saturated heterocycles. The summed E-state index contributed by atoms with van der Waals surface area (Å²) in [4.78, 5) is 0. The molecule has 3 heteroatoms. The minimum absolute atomic E-state index is 0.0808. The molecule has 0 unspecified atom stereocenters. The average Bonchev–Trinajstić information content (AvgIpc) is 2.07. The lowest BCUT2D eigenvalue weighted by Crippen LogP contribution is -2.20. The van der Waals surface area contributed by atoms with E-state index in [4.69, 9.17) is 16.2 Å². The van der Waals surface area contributed by atoms with Gasteiger partial charge in [-0.15, -0.1) is 0 Å². The van der Waals surface area contributed by atoms with Crippen LogP contribution in [0, 0.1) is 0 Å². The number of nitrogens with two attached hydrogens (primary N) is 2. The average molecular weight is 164 g/mol. The zero-order valence-corrected chi connectivity index (χ0v) is 6.79. The molecule has 1 aromatic rings. The number of benzene rings is 1.